The second kappa shape index (κ2) is 6.43. The molecule has 0 atom stereocenters. The third-order valence-corrected chi connectivity index (χ3v) is 5.17. The molecular weight excluding hydrogens is 320 g/mol. The lowest BCUT2D eigenvalue weighted by atomic mass is 10.00. The second-order valence-corrected chi connectivity index (χ2v) is 6.90. The van der Waals surface area contributed by atoms with Crippen molar-refractivity contribution >= 4 is 10.8 Å². The van der Waals surface area contributed by atoms with Gasteiger partial charge in [-0.2, -0.15) is 0 Å². The van der Waals surface area contributed by atoms with E-state index in [4.69, 9.17) is 9.40 Å². The summed E-state index contributed by atoms with van der Waals surface area (Å²) in [5.41, 5.74) is 4.95. The minimum Gasteiger partial charge on any atom is -0.444 e. The highest BCUT2D eigenvalue weighted by molar-refractivity contribution is 5.94. The Bertz CT molecular complexity index is 1060. The Labute approximate surface area is 152 Å². The molecule has 3 nitrogen and oxygen atoms in total. The number of benzene rings is 3. The Morgan fingerprint density at radius 3 is 2.65 bits per heavy atom. The van der Waals surface area contributed by atoms with Crippen LogP contribution in [0, 0.1) is 0 Å². The van der Waals surface area contributed by atoms with Crippen molar-refractivity contribution in [3.8, 4) is 11.5 Å². The molecule has 0 fully saturated rings. The van der Waals surface area contributed by atoms with E-state index in [1.54, 1.807) is 6.26 Å². The summed E-state index contributed by atoms with van der Waals surface area (Å²) >= 11 is 0. The molecule has 0 N–H and O–H groups in total. The summed E-state index contributed by atoms with van der Waals surface area (Å²) < 4.78 is 5.83. The molecular formula is C23H20N2O. The largest absolute Gasteiger partial charge is 0.444 e. The summed E-state index contributed by atoms with van der Waals surface area (Å²) in [6, 6.07) is 23.3. The maximum absolute atomic E-state index is 5.83. The highest BCUT2D eigenvalue weighted by Gasteiger charge is 2.18. The summed E-state index contributed by atoms with van der Waals surface area (Å²) in [5, 5.41) is 2.38. The summed E-state index contributed by atoms with van der Waals surface area (Å²) in [4.78, 5) is 7.21. The maximum Gasteiger partial charge on any atom is 0.226 e. The first kappa shape index (κ1) is 15.4. The van der Waals surface area contributed by atoms with Crippen molar-refractivity contribution < 1.29 is 4.42 Å². The normalized spacial score (nSPS) is 14.5. The van der Waals surface area contributed by atoms with Crippen molar-refractivity contribution in [1.29, 1.82) is 0 Å². The third-order valence-electron chi connectivity index (χ3n) is 5.17. The number of hydrogen-bond acceptors (Lipinski definition) is 3. The second-order valence-electron chi connectivity index (χ2n) is 6.90. The van der Waals surface area contributed by atoms with Crippen molar-refractivity contribution in [2.24, 2.45) is 0 Å². The van der Waals surface area contributed by atoms with Crippen LogP contribution in [0.15, 0.2) is 77.4 Å². The number of hydrogen-bond donors (Lipinski definition) is 0. The molecule has 0 unspecified atom stereocenters. The summed E-state index contributed by atoms with van der Waals surface area (Å²) in [6.07, 6.45) is 2.90. The standard InChI is InChI=1S/C23H20N2O/c1-2-8-19-14-25(13-12-17(19)6-1)15-20-16-26-23(24-20)22-11-5-9-18-7-3-4-10-21(18)22/h1-11,16H,12-15H2. The number of fused-ring (bicyclic) bond motifs is 2. The van der Waals surface area contributed by atoms with Gasteiger partial charge in [0.25, 0.3) is 0 Å². The van der Waals surface area contributed by atoms with E-state index in [0.29, 0.717) is 5.89 Å². The van der Waals surface area contributed by atoms with Crippen molar-refractivity contribution in [1.82, 2.24) is 9.88 Å². The lowest BCUT2D eigenvalue weighted by Gasteiger charge is -2.27. The first-order valence-corrected chi connectivity index (χ1v) is 9.08. The number of oxazole rings is 1. The van der Waals surface area contributed by atoms with Gasteiger partial charge in [0.1, 0.15) is 6.26 Å². The topological polar surface area (TPSA) is 29.3 Å². The molecule has 0 bridgehead atoms. The van der Waals surface area contributed by atoms with E-state index in [0.717, 1.165) is 37.3 Å². The van der Waals surface area contributed by atoms with E-state index < -0.39 is 0 Å². The molecule has 0 saturated heterocycles. The van der Waals surface area contributed by atoms with Crippen LogP contribution in [0.1, 0.15) is 16.8 Å². The minimum absolute atomic E-state index is 0.703. The molecule has 3 heteroatoms. The Morgan fingerprint density at radius 2 is 1.69 bits per heavy atom. The lowest BCUT2D eigenvalue weighted by molar-refractivity contribution is 0.242. The van der Waals surface area contributed by atoms with Crippen molar-refractivity contribution in [3.05, 3.63) is 89.8 Å². The summed E-state index contributed by atoms with van der Waals surface area (Å²) in [7, 11) is 0. The Kier molecular flexibility index (Phi) is 3.80. The van der Waals surface area contributed by atoms with Crippen LogP contribution in [-0.2, 0) is 19.5 Å². The van der Waals surface area contributed by atoms with Crippen molar-refractivity contribution in [2.45, 2.75) is 19.5 Å². The van der Waals surface area contributed by atoms with Gasteiger partial charge in [-0.1, -0.05) is 60.7 Å². The van der Waals surface area contributed by atoms with E-state index in [2.05, 4.69) is 71.6 Å². The smallest absolute Gasteiger partial charge is 0.226 e. The van der Waals surface area contributed by atoms with Crippen LogP contribution in [-0.4, -0.2) is 16.4 Å². The fourth-order valence-electron chi connectivity index (χ4n) is 3.83. The zero-order valence-corrected chi connectivity index (χ0v) is 14.6. The molecule has 26 heavy (non-hydrogen) atoms. The molecule has 2 heterocycles. The number of aromatic nitrogens is 1. The van der Waals surface area contributed by atoms with Crippen LogP contribution < -0.4 is 0 Å². The summed E-state index contributed by atoms with van der Waals surface area (Å²) in [5.74, 6) is 0.703. The van der Waals surface area contributed by atoms with Crippen LogP contribution in [0.25, 0.3) is 22.2 Å². The van der Waals surface area contributed by atoms with E-state index in [9.17, 15) is 0 Å². The van der Waals surface area contributed by atoms with Crippen LogP contribution >= 0.6 is 0 Å². The fourth-order valence-corrected chi connectivity index (χ4v) is 3.83. The predicted molar refractivity (Wildman–Crippen MR) is 104 cm³/mol. The number of rotatable bonds is 3. The predicted octanol–water partition coefficient (Wildman–Crippen LogP) is 5.05. The zero-order chi connectivity index (χ0) is 17.3. The Balaban J connectivity index is 1.39. The first-order chi connectivity index (χ1) is 12.9. The van der Waals surface area contributed by atoms with Gasteiger partial charge in [0.2, 0.25) is 5.89 Å². The third kappa shape index (κ3) is 2.80. The number of nitrogens with zero attached hydrogens (tertiary/aromatic N) is 2. The molecule has 0 saturated carbocycles. The van der Waals surface area contributed by atoms with Gasteiger partial charge < -0.3 is 4.42 Å². The zero-order valence-electron chi connectivity index (χ0n) is 14.6. The molecule has 0 radical (unpaired) electrons. The van der Waals surface area contributed by atoms with E-state index in [1.807, 2.05) is 0 Å². The molecule has 1 aromatic heterocycles. The van der Waals surface area contributed by atoms with Gasteiger partial charge in [0, 0.05) is 25.2 Å². The lowest BCUT2D eigenvalue weighted by Crippen LogP contribution is -2.30. The van der Waals surface area contributed by atoms with Crippen LogP contribution in [0.3, 0.4) is 0 Å². The monoisotopic (exact) mass is 340 g/mol. The highest BCUT2D eigenvalue weighted by Crippen LogP contribution is 2.28. The molecule has 3 aromatic carbocycles. The average molecular weight is 340 g/mol. The van der Waals surface area contributed by atoms with Gasteiger partial charge in [-0.3, -0.25) is 4.90 Å². The van der Waals surface area contributed by atoms with Gasteiger partial charge in [-0.15, -0.1) is 0 Å². The van der Waals surface area contributed by atoms with Gasteiger partial charge in [-0.05, 0) is 34.4 Å². The quantitative estimate of drug-likeness (QED) is 0.522. The average Bonchev–Trinajstić information content (AvgIpc) is 3.16. The van der Waals surface area contributed by atoms with Crippen molar-refractivity contribution in [2.75, 3.05) is 6.54 Å². The molecule has 128 valence electrons. The van der Waals surface area contributed by atoms with Crippen LogP contribution in [0.2, 0.25) is 0 Å². The maximum atomic E-state index is 5.83. The van der Waals surface area contributed by atoms with E-state index in [1.165, 1.54) is 21.9 Å². The molecule has 1 aliphatic heterocycles. The molecule has 1 aliphatic rings. The van der Waals surface area contributed by atoms with Crippen LogP contribution in [0.5, 0.6) is 0 Å². The van der Waals surface area contributed by atoms with Gasteiger partial charge in [-0.25, -0.2) is 4.98 Å². The molecule has 0 spiro atoms. The van der Waals surface area contributed by atoms with Gasteiger partial charge in [0.05, 0.1) is 5.69 Å². The Morgan fingerprint density at radius 1 is 0.885 bits per heavy atom. The first-order valence-electron chi connectivity index (χ1n) is 9.08. The SMILES string of the molecule is c1ccc2c(c1)CCN(Cc1coc(-c3cccc4ccccc34)n1)C2. The van der Waals surface area contributed by atoms with E-state index >= 15 is 0 Å². The molecule has 0 aliphatic carbocycles. The van der Waals surface area contributed by atoms with Crippen molar-refractivity contribution in [3.63, 3.8) is 0 Å². The van der Waals surface area contributed by atoms with E-state index in [-0.39, 0.29) is 0 Å². The molecule has 0 amide bonds. The van der Waals surface area contributed by atoms with Gasteiger partial charge >= 0.3 is 0 Å². The molecule has 4 aromatic rings. The highest BCUT2D eigenvalue weighted by atomic mass is 16.3. The van der Waals surface area contributed by atoms with Gasteiger partial charge in [0.15, 0.2) is 0 Å². The molecule has 5 rings (SSSR count). The summed E-state index contributed by atoms with van der Waals surface area (Å²) in [6.45, 7) is 2.86. The Hall–Kier alpha value is -2.91. The minimum atomic E-state index is 0.703. The van der Waals surface area contributed by atoms with Crippen LogP contribution in [0.4, 0.5) is 0 Å². The fraction of sp³-hybridized carbons (Fsp3) is 0.174.